The third kappa shape index (κ3) is 5.17. The fourth-order valence-electron chi connectivity index (χ4n) is 3.48. The van der Waals surface area contributed by atoms with E-state index in [1.54, 1.807) is 6.07 Å². The Morgan fingerprint density at radius 1 is 1.20 bits per heavy atom. The lowest BCUT2D eigenvalue weighted by molar-refractivity contribution is -0.126. The average Bonchev–Trinajstić information content (AvgIpc) is 2.74. The van der Waals surface area contributed by atoms with Gasteiger partial charge in [-0.05, 0) is 55.7 Å². The molecule has 2 aromatic rings. The van der Waals surface area contributed by atoms with E-state index in [1.165, 1.54) is 23.5 Å². The molecule has 6 nitrogen and oxygen atoms in total. The summed E-state index contributed by atoms with van der Waals surface area (Å²) in [5, 5.41) is 3.28. The first-order chi connectivity index (χ1) is 14.2. The quantitative estimate of drug-likeness (QED) is 0.619. The van der Waals surface area contributed by atoms with Crippen molar-refractivity contribution in [2.45, 2.75) is 30.7 Å². The van der Waals surface area contributed by atoms with Crippen molar-refractivity contribution in [2.75, 3.05) is 20.2 Å². The summed E-state index contributed by atoms with van der Waals surface area (Å²) in [6, 6.07) is 12.1. The van der Waals surface area contributed by atoms with Gasteiger partial charge in [-0.1, -0.05) is 39.7 Å². The minimum Gasteiger partial charge on any atom is -0.495 e. The Balaban J connectivity index is 1.60. The number of benzene rings is 2. The Bertz CT molecular complexity index is 1010. The highest BCUT2D eigenvalue weighted by Gasteiger charge is 2.32. The summed E-state index contributed by atoms with van der Waals surface area (Å²) in [4.78, 5) is 12.8. The van der Waals surface area contributed by atoms with Crippen LogP contribution in [0.2, 0.25) is 5.02 Å². The zero-order valence-electron chi connectivity index (χ0n) is 16.8. The predicted molar refractivity (Wildman–Crippen MR) is 120 cm³/mol. The minimum absolute atomic E-state index is 0.0463. The van der Waals surface area contributed by atoms with E-state index in [0.29, 0.717) is 18.6 Å². The van der Waals surface area contributed by atoms with Gasteiger partial charge in [-0.3, -0.25) is 4.79 Å². The summed E-state index contributed by atoms with van der Waals surface area (Å²) in [5.41, 5.74) is 1.02. The Kier molecular flexibility index (Phi) is 7.44. The van der Waals surface area contributed by atoms with Crippen LogP contribution in [0.25, 0.3) is 0 Å². The van der Waals surface area contributed by atoms with Crippen LogP contribution in [-0.4, -0.2) is 38.8 Å². The van der Waals surface area contributed by atoms with Crippen molar-refractivity contribution in [2.24, 2.45) is 5.92 Å². The van der Waals surface area contributed by atoms with Gasteiger partial charge in [0.2, 0.25) is 15.9 Å². The zero-order valence-corrected chi connectivity index (χ0v) is 19.9. The number of halogens is 2. The SMILES string of the molecule is COc1ccc(S(=O)(=O)N2CCC(C(=O)NC(C)c3ccc(Br)cc3)CC2)cc1Cl. The van der Waals surface area contributed by atoms with Crippen LogP contribution in [0.1, 0.15) is 31.4 Å². The van der Waals surface area contributed by atoms with Crippen molar-refractivity contribution in [1.29, 1.82) is 0 Å². The molecule has 1 aliphatic rings. The highest BCUT2D eigenvalue weighted by atomic mass is 79.9. The number of nitrogens with zero attached hydrogens (tertiary/aromatic N) is 1. The monoisotopic (exact) mass is 514 g/mol. The molecule has 1 saturated heterocycles. The number of carbonyl (C=O) groups excluding carboxylic acids is 1. The van der Waals surface area contributed by atoms with Crippen LogP contribution >= 0.6 is 27.5 Å². The van der Waals surface area contributed by atoms with Gasteiger partial charge in [0.05, 0.1) is 23.1 Å². The molecule has 162 valence electrons. The number of rotatable bonds is 6. The molecule has 1 N–H and O–H groups in total. The summed E-state index contributed by atoms with van der Waals surface area (Å²) in [5.74, 6) is 0.162. The topological polar surface area (TPSA) is 75.7 Å². The maximum atomic E-state index is 12.9. The number of methoxy groups -OCH3 is 1. The lowest BCUT2D eigenvalue weighted by Crippen LogP contribution is -2.43. The first-order valence-corrected chi connectivity index (χ1v) is 12.2. The molecule has 1 amide bonds. The number of amides is 1. The third-order valence-corrected chi connectivity index (χ3v) is 8.03. The first-order valence-electron chi connectivity index (χ1n) is 9.62. The summed E-state index contributed by atoms with van der Waals surface area (Å²) in [6.07, 6.45) is 0.948. The Labute approximate surface area is 190 Å². The van der Waals surface area contributed by atoms with Gasteiger partial charge in [-0.25, -0.2) is 8.42 Å². The molecular formula is C21H24BrClN2O4S. The lowest BCUT2D eigenvalue weighted by Gasteiger charge is -2.31. The molecular weight excluding hydrogens is 492 g/mol. The molecule has 1 atom stereocenters. The molecule has 30 heavy (non-hydrogen) atoms. The van der Waals surface area contributed by atoms with Gasteiger partial charge in [-0.15, -0.1) is 0 Å². The molecule has 0 saturated carbocycles. The number of hydrogen-bond acceptors (Lipinski definition) is 4. The van der Waals surface area contributed by atoms with Crippen LogP contribution < -0.4 is 10.1 Å². The van der Waals surface area contributed by atoms with E-state index in [2.05, 4.69) is 21.2 Å². The van der Waals surface area contributed by atoms with Crippen molar-refractivity contribution in [3.8, 4) is 5.75 Å². The molecule has 3 rings (SSSR count). The Morgan fingerprint density at radius 3 is 2.40 bits per heavy atom. The van der Waals surface area contributed by atoms with E-state index in [1.807, 2.05) is 31.2 Å². The second-order valence-electron chi connectivity index (χ2n) is 7.26. The molecule has 9 heteroatoms. The van der Waals surface area contributed by atoms with Gasteiger partial charge in [0.1, 0.15) is 5.75 Å². The van der Waals surface area contributed by atoms with E-state index < -0.39 is 10.0 Å². The van der Waals surface area contributed by atoms with Crippen LogP contribution in [0.5, 0.6) is 5.75 Å². The molecule has 0 aromatic heterocycles. The molecule has 2 aromatic carbocycles. The van der Waals surface area contributed by atoms with Crippen molar-refractivity contribution >= 4 is 43.5 Å². The van der Waals surface area contributed by atoms with Gasteiger partial charge in [0.15, 0.2) is 0 Å². The summed E-state index contributed by atoms with van der Waals surface area (Å²) < 4.78 is 33.3. The molecule has 1 fully saturated rings. The third-order valence-electron chi connectivity index (χ3n) is 5.31. The normalized spacial score (nSPS) is 16.8. The van der Waals surface area contributed by atoms with Gasteiger partial charge in [0.25, 0.3) is 0 Å². The molecule has 0 spiro atoms. The molecule has 0 radical (unpaired) electrons. The van der Waals surface area contributed by atoms with Crippen LogP contribution in [0, 0.1) is 5.92 Å². The number of sulfonamides is 1. The lowest BCUT2D eigenvalue weighted by atomic mass is 9.96. The van der Waals surface area contributed by atoms with Crippen LogP contribution in [0.3, 0.4) is 0 Å². The minimum atomic E-state index is -3.67. The summed E-state index contributed by atoms with van der Waals surface area (Å²) in [7, 11) is -2.20. The maximum absolute atomic E-state index is 12.9. The molecule has 1 unspecified atom stereocenters. The van der Waals surface area contributed by atoms with Gasteiger partial charge in [-0.2, -0.15) is 4.31 Å². The first kappa shape index (κ1) is 23.1. The van der Waals surface area contributed by atoms with Gasteiger partial charge < -0.3 is 10.1 Å². The predicted octanol–water partition coefficient (Wildman–Crippen LogP) is 4.39. The smallest absolute Gasteiger partial charge is 0.243 e. The number of carbonyl (C=O) groups is 1. The second-order valence-corrected chi connectivity index (χ2v) is 10.5. The van der Waals surface area contributed by atoms with Crippen LogP contribution in [-0.2, 0) is 14.8 Å². The summed E-state index contributed by atoms with van der Waals surface area (Å²) >= 11 is 9.49. The number of nitrogens with one attached hydrogen (secondary N) is 1. The van der Waals surface area contributed by atoms with Crippen molar-refractivity contribution < 1.29 is 17.9 Å². The molecule has 0 aliphatic carbocycles. The molecule has 1 aliphatic heterocycles. The fourth-order valence-corrected chi connectivity index (χ4v) is 5.56. The largest absolute Gasteiger partial charge is 0.495 e. The van der Waals surface area contributed by atoms with Crippen molar-refractivity contribution in [3.63, 3.8) is 0 Å². The Morgan fingerprint density at radius 2 is 1.83 bits per heavy atom. The van der Waals surface area contributed by atoms with Crippen molar-refractivity contribution in [3.05, 3.63) is 57.5 Å². The van der Waals surface area contributed by atoms with Gasteiger partial charge >= 0.3 is 0 Å². The summed E-state index contributed by atoms with van der Waals surface area (Å²) in [6.45, 7) is 2.52. The average molecular weight is 516 g/mol. The zero-order chi connectivity index (χ0) is 21.9. The van der Waals surface area contributed by atoms with Crippen LogP contribution in [0.15, 0.2) is 51.8 Å². The second kappa shape index (κ2) is 9.68. The van der Waals surface area contributed by atoms with E-state index in [4.69, 9.17) is 16.3 Å². The standard InChI is InChI=1S/C21H24BrClN2O4S/c1-14(15-3-5-17(22)6-4-15)24-21(26)16-9-11-25(12-10-16)30(27,28)18-7-8-20(29-2)19(23)13-18/h3-8,13-14,16H,9-12H2,1-2H3,(H,24,26). The number of piperidine rings is 1. The maximum Gasteiger partial charge on any atom is 0.243 e. The molecule has 0 bridgehead atoms. The number of hydrogen-bond donors (Lipinski definition) is 1. The van der Waals surface area contributed by atoms with Gasteiger partial charge in [0, 0.05) is 23.5 Å². The Hall–Kier alpha value is -1.61. The number of ether oxygens (including phenoxy) is 1. The van der Waals surface area contributed by atoms with Crippen LogP contribution in [0.4, 0.5) is 0 Å². The highest BCUT2D eigenvalue weighted by molar-refractivity contribution is 9.10. The van der Waals surface area contributed by atoms with E-state index >= 15 is 0 Å². The van der Waals surface area contributed by atoms with E-state index in [-0.39, 0.29) is 40.9 Å². The van der Waals surface area contributed by atoms with Crippen molar-refractivity contribution in [1.82, 2.24) is 9.62 Å². The highest BCUT2D eigenvalue weighted by Crippen LogP contribution is 2.30. The van der Waals surface area contributed by atoms with E-state index in [9.17, 15) is 13.2 Å². The fraction of sp³-hybridized carbons (Fsp3) is 0.381. The van der Waals surface area contributed by atoms with E-state index in [0.717, 1.165) is 10.0 Å². The molecule has 1 heterocycles.